The molecule has 0 radical (unpaired) electrons. The summed E-state index contributed by atoms with van der Waals surface area (Å²) in [6.07, 6.45) is -13.6. The Morgan fingerprint density at radius 3 is 1.76 bits per heavy atom. The van der Waals surface area contributed by atoms with Gasteiger partial charge in [-0.1, -0.05) is 12.1 Å². The molecule has 0 aliphatic rings. The van der Waals surface area contributed by atoms with Gasteiger partial charge in [0.1, 0.15) is 11.9 Å². The van der Waals surface area contributed by atoms with E-state index in [2.05, 4.69) is 15.3 Å². The minimum Gasteiger partial charge on any atom is -0.365 e. The van der Waals surface area contributed by atoms with Crippen LogP contribution in [0.3, 0.4) is 0 Å². The molecule has 0 amide bonds. The SMILES string of the molecule is N#Cc1ncc(-c2ccc(C(F)(F)F)cc2)c(NCc2cc(C(F)(F)F)cc(C(F)(F)F)c2)n1. The lowest BCUT2D eigenvalue weighted by Crippen LogP contribution is -2.13. The van der Waals surface area contributed by atoms with Crippen LogP contribution in [0.15, 0.2) is 48.7 Å². The standard InChI is InChI=1S/C21H11F9N4/c22-19(23,24)13-3-1-12(2-4-13)16-10-32-17(8-31)34-18(16)33-9-11-5-14(20(25,26)27)7-15(6-11)21(28,29)30/h1-7,10H,9H2,(H,32,33,34). The Bertz CT molecular complexity index is 1190. The number of hydrogen-bond acceptors (Lipinski definition) is 4. The second kappa shape index (κ2) is 8.85. The Balaban J connectivity index is 1.98. The van der Waals surface area contributed by atoms with E-state index >= 15 is 0 Å². The van der Waals surface area contributed by atoms with Crippen LogP contribution in [-0.2, 0) is 25.1 Å². The molecule has 0 bridgehead atoms. The monoisotopic (exact) mass is 490 g/mol. The summed E-state index contributed by atoms with van der Waals surface area (Å²) in [4.78, 5) is 7.57. The van der Waals surface area contributed by atoms with Gasteiger partial charge in [-0.15, -0.1) is 0 Å². The van der Waals surface area contributed by atoms with E-state index in [4.69, 9.17) is 5.26 Å². The fourth-order valence-electron chi connectivity index (χ4n) is 2.93. The molecule has 2 aromatic carbocycles. The molecule has 34 heavy (non-hydrogen) atoms. The highest BCUT2D eigenvalue weighted by atomic mass is 19.4. The zero-order valence-corrected chi connectivity index (χ0v) is 16.6. The van der Waals surface area contributed by atoms with Crippen molar-refractivity contribution in [3.8, 4) is 17.2 Å². The molecule has 1 aromatic heterocycles. The number of anilines is 1. The van der Waals surface area contributed by atoms with Crippen molar-refractivity contribution in [2.24, 2.45) is 0 Å². The van der Waals surface area contributed by atoms with Gasteiger partial charge >= 0.3 is 18.5 Å². The summed E-state index contributed by atoms with van der Waals surface area (Å²) in [6.45, 7) is -0.567. The van der Waals surface area contributed by atoms with Gasteiger partial charge in [0.25, 0.3) is 0 Å². The van der Waals surface area contributed by atoms with E-state index < -0.39 is 47.3 Å². The lowest BCUT2D eigenvalue weighted by Gasteiger charge is -2.16. The predicted molar refractivity (Wildman–Crippen MR) is 101 cm³/mol. The first-order valence-corrected chi connectivity index (χ1v) is 9.15. The smallest absolute Gasteiger partial charge is 0.365 e. The van der Waals surface area contributed by atoms with Gasteiger partial charge in [0.2, 0.25) is 5.82 Å². The molecule has 178 valence electrons. The second-order valence-corrected chi connectivity index (χ2v) is 6.91. The van der Waals surface area contributed by atoms with Crippen LogP contribution in [0, 0.1) is 11.3 Å². The number of nitriles is 1. The van der Waals surface area contributed by atoms with Crippen LogP contribution in [0.2, 0.25) is 0 Å². The van der Waals surface area contributed by atoms with Crippen LogP contribution in [0.5, 0.6) is 0 Å². The van der Waals surface area contributed by atoms with E-state index in [0.717, 1.165) is 30.5 Å². The fourth-order valence-corrected chi connectivity index (χ4v) is 2.93. The molecule has 0 unspecified atom stereocenters. The molecule has 0 saturated heterocycles. The van der Waals surface area contributed by atoms with Crippen molar-refractivity contribution in [1.29, 1.82) is 5.26 Å². The molecule has 0 saturated carbocycles. The van der Waals surface area contributed by atoms with Crippen LogP contribution in [0.4, 0.5) is 45.3 Å². The van der Waals surface area contributed by atoms with Crippen molar-refractivity contribution in [2.45, 2.75) is 25.1 Å². The molecule has 1 N–H and O–H groups in total. The summed E-state index contributed by atoms with van der Waals surface area (Å²) in [5.74, 6) is -0.546. The molecule has 3 rings (SSSR count). The number of rotatable bonds is 4. The number of hydrogen-bond donors (Lipinski definition) is 1. The van der Waals surface area contributed by atoms with Gasteiger partial charge in [0.05, 0.1) is 16.7 Å². The van der Waals surface area contributed by atoms with Crippen LogP contribution >= 0.6 is 0 Å². The first-order valence-electron chi connectivity index (χ1n) is 9.15. The van der Waals surface area contributed by atoms with Crippen LogP contribution in [0.1, 0.15) is 28.1 Å². The quantitative estimate of drug-likeness (QED) is 0.415. The zero-order valence-electron chi connectivity index (χ0n) is 16.6. The maximum Gasteiger partial charge on any atom is 0.416 e. The van der Waals surface area contributed by atoms with Gasteiger partial charge < -0.3 is 5.32 Å². The van der Waals surface area contributed by atoms with Gasteiger partial charge in [-0.25, -0.2) is 9.97 Å². The predicted octanol–water partition coefficient (Wildman–Crippen LogP) is 6.68. The van der Waals surface area contributed by atoms with Crippen LogP contribution in [-0.4, -0.2) is 9.97 Å². The lowest BCUT2D eigenvalue weighted by atomic mass is 10.0. The van der Waals surface area contributed by atoms with Gasteiger partial charge in [-0.2, -0.15) is 44.8 Å². The van der Waals surface area contributed by atoms with Gasteiger partial charge in [-0.05, 0) is 41.5 Å². The number of benzene rings is 2. The van der Waals surface area contributed by atoms with E-state index in [1.165, 1.54) is 0 Å². The zero-order chi connectivity index (χ0) is 25.3. The number of alkyl halides is 9. The van der Waals surface area contributed by atoms with Crippen molar-refractivity contribution in [3.63, 3.8) is 0 Å². The van der Waals surface area contributed by atoms with Gasteiger partial charge in [0.15, 0.2) is 0 Å². The fraction of sp³-hybridized carbons (Fsp3) is 0.190. The maximum atomic E-state index is 13.1. The number of nitrogens with zero attached hydrogens (tertiary/aromatic N) is 3. The third kappa shape index (κ3) is 5.75. The van der Waals surface area contributed by atoms with Crippen molar-refractivity contribution in [1.82, 2.24) is 9.97 Å². The average molecular weight is 490 g/mol. The maximum absolute atomic E-state index is 13.1. The Labute approximate surface area is 185 Å². The highest BCUT2D eigenvalue weighted by Crippen LogP contribution is 2.37. The average Bonchev–Trinajstić information content (AvgIpc) is 2.75. The molecule has 0 aliphatic carbocycles. The van der Waals surface area contributed by atoms with Gasteiger partial charge in [-0.3, -0.25) is 0 Å². The van der Waals surface area contributed by atoms with Crippen molar-refractivity contribution in [2.75, 3.05) is 5.32 Å². The second-order valence-electron chi connectivity index (χ2n) is 6.91. The third-order valence-corrected chi connectivity index (χ3v) is 4.52. The summed E-state index contributed by atoms with van der Waals surface area (Å²) in [5, 5.41) is 11.6. The topological polar surface area (TPSA) is 61.6 Å². The van der Waals surface area contributed by atoms with E-state index in [9.17, 15) is 39.5 Å². The molecule has 0 aliphatic heterocycles. The molecule has 3 aromatic rings. The van der Waals surface area contributed by atoms with E-state index in [0.29, 0.717) is 12.1 Å². The highest BCUT2D eigenvalue weighted by Gasteiger charge is 2.37. The van der Waals surface area contributed by atoms with E-state index in [1.807, 2.05) is 0 Å². The molecule has 0 atom stereocenters. The van der Waals surface area contributed by atoms with E-state index in [1.54, 1.807) is 6.07 Å². The van der Waals surface area contributed by atoms with Gasteiger partial charge in [0, 0.05) is 18.3 Å². The molecular formula is C21H11F9N4. The van der Waals surface area contributed by atoms with Crippen molar-refractivity contribution in [3.05, 3.63) is 76.7 Å². The van der Waals surface area contributed by atoms with Crippen molar-refractivity contribution >= 4 is 5.82 Å². The molecule has 4 nitrogen and oxygen atoms in total. The third-order valence-electron chi connectivity index (χ3n) is 4.52. The summed E-state index contributed by atoms with van der Waals surface area (Å²) in [7, 11) is 0. The summed E-state index contributed by atoms with van der Waals surface area (Å²) >= 11 is 0. The Morgan fingerprint density at radius 2 is 1.29 bits per heavy atom. The highest BCUT2D eigenvalue weighted by molar-refractivity contribution is 5.74. The minimum atomic E-state index is -5.04. The largest absolute Gasteiger partial charge is 0.416 e. The first-order chi connectivity index (χ1) is 15.7. The summed E-state index contributed by atoms with van der Waals surface area (Å²) < 4.78 is 117. The first kappa shape index (κ1) is 24.8. The number of halogens is 9. The summed E-state index contributed by atoms with van der Waals surface area (Å²) in [5.41, 5.74) is -4.11. The Morgan fingerprint density at radius 1 is 0.765 bits per heavy atom. The molecule has 13 heteroatoms. The normalized spacial score (nSPS) is 12.4. The number of nitrogens with one attached hydrogen (secondary N) is 1. The van der Waals surface area contributed by atoms with Crippen LogP contribution in [0.25, 0.3) is 11.1 Å². The molecule has 1 heterocycles. The lowest BCUT2D eigenvalue weighted by molar-refractivity contribution is -0.143. The Kier molecular flexibility index (Phi) is 6.46. The number of aromatic nitrogens is 2. The summed E-state index contributed by atoms with van der Waals surface area (Å²) in [6, 6.07) is 6.38. The van der Waals surface area contributed by atoms with E-state index in [-0.39, 0.29) is 28.8 Å². The van der Waals surface area contributed by atoms with Crippen LogP contribution < -0.4 is 5.32 Å². The molecule has 0 fully saturated rings. The Hall–Kier alpha value is -3.82. The minimum absolute atomic E-state index is 0.0182. The molecular weight excluding hydrogens is 479 g/mol. The van der Waals surface area contributed by atoms with Crippen molar-refractivity contribution < 1.29 is 39.5 Å². The molecule has 0 spiro atoms.